The lowest BCUT2D eigenvalue weighted by Crippen LogP contribution is -2.34. The van der Waals surface area contributed by atoms with Crippen LogP contribution in [0.2, 0.25) is 0 Å². The van der Waals surface area contributed by atoms with Crippen LogP contribution in [0.1, 0.15) is 12.2 Å². The van der Waals surface area contributed by atoms with Crippen LogP contribution >= 0.6 is 0 Å². The van der Waals surface area contributed by atoms with E-state index in [9.17, 15) is 4.79 Å². The lowest BCUT2D eigenvalue weighted by Gasteiger charge is -2.07. The zero-order valence-corrected chi connectivity index (χ0v) is 8.40. The van der Waals surface area contributed by atoms with Crippen LogP contribution in [0.4, 0.5) is 0 Å². The van der Waals surface area contributed by atoms with Crippen molar-refractivity contribution in [3.63, 3.8) is 0 Å². The monoisotopic (exact) mass is 206 g/mol. The SMILES string of the molecule is O=C(C=Cc1ccco1)N[C@@H]1CCNC1. The number of hydrogen-bond acceptors (Lipinski definition) is 3. The van der Waals surface area contributed by atoms with Gasteiger partial charge >= 0.3 is 0 Å². The Balaban J connectivity index is 1.81. The van der Waals surface area contributed by atoms with E-state index in [-0.39, 0.29) is 11.9 Å². The molecule has 0 unspecified atom stereocenters. The van der Waals surface area contributed by atoms with Gasteiger partial charge in [-0.2, -0.15) is 0 Å². The molecule has 80 valence electrons. The molecule has 2 N–H and O–H groups in total. The molecular weight excluding hydrogens is 192 g/mol. The Morgan fingerprint density at radius 3 is 3.27 bits per heavy atom. The van der Waals surface area contributed by atoms with Crippen molar-refractivity contribution >= 4 is 12.0 Å². The molecule has 1 atom stereocenters. The van der Waals surface area contributed by atoms with Crippen molar-refractivity contribution in [1.82, 2.24) is 10.6 Å². The molecule has 1 aliphatic heterocycles. The number of carbonyl (C=O) groups excluding carboxylic acids is 1. The molecule has 4 nitrogen and oxygen atoms in total. The first-order chi connectivity index (χ1) is 7.34. The van der Waals surface area contributed by atoms with Gasteiger partial charge in [-0.05, 0) is 31.2 Å². The van der Waals surface area contributed by atoms with E-state index in [4.69, 9.17) is 4.42 Å². The molecule has 2 heterocycles. The molecule has 0 radical (unpaired) electrons. The molecule has 1 aliphatic rings. The number of nitrogens with one attached hydrogen (secondary N) is 2. The van der Waals surface area contributed by atoms with E-state index in [0.29, 0.717) is 5.76 Å². The normalized spacial score (nSPS) is 20.9. The van der Waals surface area contributed by atoms with Crippen LogP contribution in [-0.4, -0.2) is 25.0 Å². The summed E-state index contributed by atoms with van der Waals surface area (Å²) in [5, 5.41) is 6.10. The van der Waals surface area contributed by atoms with Gasteiger partial charge in [0.05, 0.1) is 6.26 Å². The van der Waals surface area contributed by atoms with Gasteiger partial charge in [0.2, 0.25) is 5.91 Å². The van der Waals surface area contributed by atoms with E-state index in [2.05, 4.69) is 10.6 Å². The third-order valence-corrected chi connectivity index (χ3v) is 2.35. The predicted octanol–water partition coefficient (Wildman–Crippen LogP) is 0.771. The smallest absolute Gasteiger partial charge is 0.244 e. The molecular formula is C11H14N2O2. The Hall–Kier alpha value is -1.55. The second-order valence-electron chi connectivity index (χ2n) is 3.55. The quantitative estimate of drug-likeness (QED) is 0.718. The van der Waals surface area contributed by atoms with Gasteiger partial charge in [-0.1, -0.05) is 0 Å². The molecule has 4 heteroatoms. The number of carbonyl (C=O) groups is 1. The Morgan fingerprint density at radius 2 is 2.60 bits per heavy atom. The predicted molar refractivity (Wildman–Crippen MR) is 57.2 cm³/mol. The van der Waals surface area contributed by atoms with E-state index < -0.39 is 0 Å². The highest BCUT2D eigenvalue weighted by Crippen LogP contribution is 2.02. The van der Waals surface area contributed by atoms with Crippen molar-refractivity contribution in [2.24, 2.45) is 0 Å². The highest BCUT2D eigenvalue weighted by Gasteiger charge is 2.14. The standard InChI is InChI=1S/C11H14N2O2/c14-11(13-9-5-6-12-8-9)4-3-10-2-1-7-15-10/h1-4,7,9,12H,5-6,8H2,(H,13,14)/t9-/m1/s1. The molecule has 1 aromatic heterocycles. The van der Waals surface area contributed by atoms with Crippen LogP contribution in [0.15, 0.2) is 28.9 Å². The van der Waals surface area contributed by atoms with Gasteiger partial charge in [-0.3, -0.25) is 4.79 Å². The van der Waals surface area contributed by atoms with E-state index in [1.165, 1.54) is 6.08 Å². The molecule has 1 aromatic rings. The molecule has 2 rings (SSSR count). The molecule has 15 heavy (non-hydrogen) atoms. The molecule has 1 amide bonds. The van der Waals surface area contributed by atoms with Gasteiger partial charge < -0.3 is 15.1 Å². The van der Waals surface area contributed by atoms with Crippen molar-refractivity contribution in [3.8, 4) is 0 Å². The van der Waals surface area contributed by atoms with Crippen molar-refractivity contribution in [1.29, 1.82) is 0 Å². The Labute approximate surface area is 88.3 Å². The maximum Gasteiger partial charge on any atom is 0.244 e. The topological polar surface area (TPSA) is 54.3 Å². The van der Waals surface area contributed by atoms with E-state index in [1.807, 2.05) is 0 Å². The lowest BCUT2D eigenvalue weighted by atomic mass is 10.2. The summed E-state index contributed by atoms with van der Waals surface area (Å²) in [6.45, 7) is 1.84. The van der Waals surface area contributed by atoms with Crippen LogP contribution in [0.5, 0.6) is 0 Å². The summed E-state index contributed by atoms with van der Waals surface area (Å²) in [5.41, 5.74) is 0. The summed E-state index contributed by atoms with van der Waals surface area (Å²) in [4.78, 5) is 11.4. The molecule has 0 aliphatic carbocycles. The van der Waals surface area contributed by atoms with E-state index in [0.717, 1.165) is 19.5 Å². The Kier molecular flexibility index (Phi) is 3.19. The van der Waals surface area contributed by atoms with Crippen LogP contribution < -0.4 is 10.6 Å². The fourth-order valence-corrected chi connectivity index (χ4v) is 1.57. The molecule has 1 fully saturated rings. The first kappa shape index (κ1) is 9.98. The van der Waals surface area contributed by atoms with Gasteiger partial charge in [0, 0.05) is 18.7 Å². The molecule has 0 saturated carbocycles. The highest BCUT2D eigenvalue weighted by atomic mass is 16.3. The third-order valence-electron chi connectivity index (χ3n) is 2.35. The van der Waals surface area contributed by atoms with Crippen LogP contribution in [-0.2, 0) is 4.79 Å². The zero-order chi connectivity index (χ0) is 10.5. The summed E-state index contributed by atoms with van der Waals surface area (Å²) in [6, 6.07) is 3.86. The van der Waals surface area contributed by atoms with Gasteiger partial charge in [0.25, 0.3) is 0 Å². The van der Waals surface area contributed by atoms with Crippen LogP contribution in [0.3, 0.4) is 0 Å². The van der Waals surface area contributed by atoms with Crippen molar-refractivity contribution in [3.05, 3.63) is 30.2 Å². The van der Waals surface area contributed by atoms with E-state index in [1.54, 1.807) is 24.5 Å². The van der Waals surface area contributed by atoms with Gasteiger partial charge in [0.1, 0.15) is 5.76 Å². The van der Waals surface area contributed by atoms with Gasteiger partial charge in [0.15, 0.2) is 0 Å². The number of amides is 1. The second kappa shape index (κ2) is 4.79. The summed E-state index contributed by atoms with van der Waals surface area (Å²) >= 11 is 0. The van der Waals surface area contributed by atoms with Gasteiger partial charge in [-0.25, -0.2) is 0 Å². The Morgan fingerprint density at radius 1 is 1.67 bits per heavy atom. The molecule has 0 bridgehead atoms. The number of furan rings is 1. The zero-order valence-electron chi connectivity index (χ0n) is 8.40. The fourth-order valence-electron chi connectivity index (χ4n) is 1.57. The fraction of sp³-hybridized carbons (Fsp3) is 0.364. The number of hydrogen-bond donors (Lipinski definition) is 2. The average molecular weight is 206 g/mol. The van der Waals surface area contributed by atoms with Crippen molar-refractivity contribution in [2.45, 2.75) is 12.5 Å². The minimum atomic E-state index is -0.0694. The molecule has 1 saturated heterocycles. The van der Waals surface area contributed by atoms with Crippen molar-refractivity contribution < 1.29 is 9.21 Å². The van der Waals surface area contributed by atoms with E-state index >= 15 is 0 Å². The minimum Gasteiger partial charge on any atom is -0.465 e. The Bertz CT molecular complexity index is 337. The van der Waals surface area contributed by atoms with Gasteiger partial charge in [-0.15, -0.1) is 0 Å². The first-order valence-electron chi connectivity index (χ1n) is 5.07. The summed E-state index contributed by atoms with van der Waals surface area (Å²) in [6.07, 6.45) is 5.74. The number of rotatable bonds is 3. The summed E-state index contributed by atoms with van der Waals surface area (Å²) < 4.78 is 5.07. The van der Waals surface area contributed by atoms with Crippen molar-refractivity contribution in [2.75, 3.05) is 13.1 Å². The second-order valence-corrected chi connectivity index (χ2v) is 3.55. The highest BCUT2D eigenvalue weighted by molar-refractivity contribution is 5.91. The maximum absolute atomic E-state index is 11.4. The summed E-state index contributed by atoms with van der Waals surface area (Å²) in [7, 11) is 0. The van der Waals surface area contributed by atoms with Crippen LogP contribution in [0.25, 0.3) is 6.08 Å². The average Bonchev–Trinajstić information content (AvgIpc) is 2.86. The first-order valence-corrected chi connectivity index (χ1v) is 5.07. The molecule has 0 aromatic carbocycles. The maximum atomic E-state index is 11.4. The minimum absolute atomic E-state index is 0.0694. The van der Waals surface area contributed by atoms with Crippen LogP contribution in [0, 0.1) is 0 Å². The third kappa shape index (κ3) is 2.95. The molecule has 0 spiro atoms. The largest absolute Gasteiger partial charge is 0.465 e. The lowest BCUT2D eigenvalue weighted by molar-refractivity contribution is -0.117. The summed E-state index contributed by atoms with van der Waals surface area (Å²) in [5.74, 6) is 0.620.